The van der Waals surface area contributed by atoms with E-state index in [0.717, 1.165) is 28.5 Å². The Hall–Kier alpha value is -4.52. The third kappa shape index (κ3) is 15.5. The number of aromatic nitrogens is 5. The van der Waals surface area contributed by atoms with Gasteiger partial charge < -0.3 is 9.05 Å². The maximum Gasteiger partial charge on any atom is 0.133 e. The number of nitrogens with zero attached hydrogens (tertiary/aromatic N) is 5. The first-order chi connectivity index (χ1) is 24.7. The summed E-state index contributed by atoms with van der Waals surface area (Å²) in [6.07, 6.45) is 3.43. The molecule has 0 spiro atoms. The van der Waals surface area contributed by atoms with E-state index in [1.807, 2.05) is 56.0 Å². The Morgan fingerprint density at radius 2 is 1.09 bits per heavy atom. The summed E-state index contributed by atoms with van der Waals surface area (Å²) >= 11 is 0. The van der Waals surface area contributed by atoms with E-state index >= 15 is 0 Å². The van der Waals surface area contributed by atoms with Crippen molar-refractivity contribution < 1.29 is 9.05 Å². The Bertz CT molecular complexity index is 1950. The minimum absolute atomic E-state index is 0.109. The van der Waals surface area contributed by atoms with Crippen molar-refractivity contribution in [3.8, 4) is 0 Å². The standard InChI is InChI=1S/C14H16.C9H16N2.C9H13N.C8H13NO.C7H11NO/c1-14(2,3)13-9-8-11-6-4-5-7-12(11)10-13;1-7-6-8(9(2,3)4)11(5)10-7;1-9(2,3)8-6-4-5-7-10-8;1-6-5-7(9-10-6)8(2,3)4;1-7(2,3)6-4-5-9-8-6/h4-10H,1-3H3;6H,1-5H3;4-7H,1-3H3;5H,1-4H3;4-5H,1-3H3. The summed E-state index contributed by atoms with van der Waals surface area (Å²) in [5.41, 5.74) is 7.80. The Balaban J connectivity index is 0.000000236. The molecule has 0 aliphatic carbocycles. The SMILES string of the molecule is CC(C)(C)c1ccc2ccccc2c1.CC(C)(C)c1ccccn1.CC(C)(C)c1ccon1.Cc1cc(C(C)(C)C)n(C)n1.Cc1cc(C(C)(C)C)no1. The van der Waals surface area contributed by atoms with Gasteiger partial charge in [-0.3, -0.25) is 9.67 Å². The van der Waals surface area contributed by atoms with Crippen molar-refractivity contribution in [3.05, 3.63) is 131 Å². The minimum Gasteiger partial charge on any atom is -0.364 e. The van der Waals surface area contributed by atoms with Crippen LogP contribution in [0.1, 0.15) is 144 Å². The van der Waals surface area contributed by atoms with Gasteiger partial charge in [0, 0.05) is 58.4 Å². The van der Waals surface area contributed by atoms with E-state index < -0.39 is 0 Å². The van der Waals surface area contributed by atoms with Crippen LogP contribution in [0.5, 0.6) is 0 Å². The van der Waals surface area contributed by atoms with Gasteiger partial charge in [0.1, 0.15) is 12.0 Å². The fourth-order valence-corrected chi connectivity index (χ4v) is 5.09. The predicted molar refractivity (Wildman–Crippen MR) is 227 cm³/mol. The van der Waals surface area contributed by atoms with Crippen LogP contribution >= 0.6 is 0 Å². The monoisotopic (exact) mass is 736 g/mol. The van der Waals surface area contributed by atoms with E-state index in [1.54, 1.807) is 6.26 Å². The first kappa shape index (κ1) is 45.6. The zero-order valence-corrected chi connectivity index (χ0v) is 36.7. The maximum atomic E-state index is 4.94. The van der Waals surface area contributed by atoms with Crippen LogP contribution in [0.3, 0.4) is 0 Å². The molecule has 6 rings (SSSR count). The molecule has 0 aliphatic heterocycles. The average molecular weight is 736 g/mol. The van der Waals surface area contributed by atoms with Gasteiger partial charge in [-0.25, -0.2) is 0 Å². The van der Waals surface area contributed by atoms with Gasteiger partial charge in [0.05, 0.1) is 17.1 Å². The quantitative estimate of drug-likeness (QED) is 0.154. The predicted octanol–water partition coefficient (Wildman–Crippen LogP) is 12.8. The van der Waals surface area contributed by atoms with Gasteiger partial charge in [0.25, 0.3) is 0 Å². The lowest BCUT2D eigenvalue weighted by Gasteiger charge is -2.19. The number of fused-ring (bicyclic) bond motifs is 1. The van der Waals surface area contributed by atoms with Gasteiger partial charge in [-0.1, -0.05) is 163 Å². The maximum absolute atomic E-state index is 4.94. The molecule has 0 fully saturated rings. The topological polar surface area (TPSA) is 82.8 Å². The summed E-state index contributed by atoms with van der Waals surface area (Å²) < 4.78 is 11.6. The first-order valence-electron chi connectivity index (χ1n) is 19.0. The van der Waals surface area contributed by atoms with Crippen LogP contribution in [-0.4, -0.2) is 25.1 Å². The van der Waals surface area contributed by atoms with Crippen molar-refractivity contribution in [3.63, 3.8) is 0 Å². The molecular formula is C47H69N5O2. The Labute approximate surface area is 327 Å². The second-order valence-corrected chi connectivity index (χ2v) is 19.0. The normalized spacial score (nSPS) is 11.9. The fourth-order valence-electron chi connectivity index (χ4n) is 5.09. The van der Waals surface area contributed by atoms with Crippen LogP contribution in [-0.2, 0) is 34.1 Å². The molecule has 0 radical (unpaired) electrons. The van der Waals surface area contributed by atoms with Crippen LogP contribution in [0, 0.1) is 13.8 Å². The molecule has 4 heterocycles. The van der Waals surface area contributed by atoms with Gasteiger partial charge in [0.15, 0.2) is 0 Å². The van der Waals surface area contributed by atoms with Gasteiger partial charge in [-0.15, -0.1) is 0 Å². The van der Waals surface area contributed by atoms with Crippen molar-refractivity contribution in [2.75, 3.05) is 0 Å². The van der Waals surface area contributed by atoms with Gasteiger partial charge >= 0.3 is 0 Å². The van der Waals surface area contributed by atoms with Crippen molar-refractivity contribution in [1.29, 1.82) is 0 Å². The average Bonchev–Trinajstić information content (AvgIpc) is 3.83. The summed E-state index contributed by atoms with van der Waals surface area (Å²) in [6, 6.07) is 27.2. The molecule has 0 N–H and O–H groups in total. The third-order valence-corrected chi connectivity index (χ3v) is 8.42. The molecule has 54 heavy (non-hydrogen) atoms. The van der Waals surface area contributed by atoms with Crippen LogP contribution in [0.4, 0.5) is 0 Å². The molecule has 0 unspecified atom stereocenters. The molecule has 7 heteroatoms. The molecule has 6 aromatic rings. The second-order valence-electron chi connectivity index (χ2n) is 19.0. The smallest absolute Gasteiger partial charge is 0.133 e. The van der Waals surface area contributed by atoms with Gasteiger partial charge in [-0.05, 0) is 53.8 Å². The molecule has 4 aromatic heterocycles. The molecular weight excluding hydrogens is 667 g/mol. The molecule has 0 bridgehead atoms. The molecule has 7 nitrogen and oxygen atoms in total. The fraction of sp³-hybridized carbons (Fsp3) is 0.489. The molecule has 0 atom stereocenters. The van der Waals surface area contributed by atoms with E-state index in [2.05, 4.69) is 179 Å². The Morgan fingerprint density at radius 3 is 1.43 bits per heavy atom. The largest absolute Gasteiger partial charge is 0.364 e. The second kappa shape index (κ2) is 18.7. The minimum atomic E-state index is 0.109. The highest BCUT2D eigenvalue weighted by Crippen LogP contribution is 2.26. The number of hydrogen-bond acceptors (Lipinski definition) is 6. The van der Waals surface area contributed by atoms with Crippen LogP contribution in [0.15, 0.2) is 100 Å². The summed E-state index contributed by atoms with van der Waals surface area (Å²) in [6.45, 7) is 36.4. The van der Waals surface area contributed by atoms with Crippen LogP contribution in [0.2, 0.25) is 0 Å². The molecule has 0 amide bonds. The van der Waals surface area contributed by atoms with Gasteiger partial charge in [0.2, 0.25) is 0 Å². The lowest BCUT2D eigenvalue weighted by Crippen LogP contribution is -2.16. The van der Waals surface area contributed by atoms with Crippen LogP contribution in [0.25, 0.3) is 10.8 Å². The molecule has 294 valence electrons. The van der Waals surface area contributed by atoms with Crippen molar-refractivity contribution in [2.45, 2.75) is 145 Å². The number of benzene rings is 2. The molecule has 2 aromatic carbocycles. The lowest BCUT2D eigenvalue weighted by molar-refractivity contribution is 0.375. The summed E-state index contributed by atoms with van der Waals surface area (Å²) in [5.74, 6) is 0.880. The summed E-state index contributed by atoms with van der Waals surface area (Å²) in [7, 11) is 1.99. The van der Waals surface area contributed by atoms with Crippen molar-refractivity contribution >= 4 is 10.8 Å². The number of pyridine rings is 1. The highest BCUT2D eigenvalue weighted by Gasteiger charge is 2.19. The first-order valence-corrected chi connectivity index (χ1v) is 19.0. The Morgan fingerprint density at radius 1 is 0.519 bits per heavy atom. The number of aryl methyl sites for hydroxylation is 3. The summed E-state index contributed by atoms with van der Waals surface area (Å²) in [5, 5.41) is 14.7. The van der Waals surface area contributed by atoms with E-state index in [4.69, 9.17) is 9.05 Å². The Kier molecular flexibility index (Phi) is 15.8. The number of hydrogen-bond donors (Lipinski definition) is 0. The molecule has 0 aliphatic rings. The van der Waals surface area contributed by atoms with E-state index in [9.17, 15) is 0 Å². The number of rotatable bonds is 0. The lowest BCUT2D eigenvalue weighted by atomic mass is 9.86. The van der Waals surface area contributed by atoms with Gasteiger partial charge in [-0.2, -0.15) is 5.10 Å². The van der Waals surface area contributed by atoms with E-state index in [-0.39, 0.29) is 27.1 Å². The molecule has 0 saturated heterocycles. The van der Waals surface area contributed by atoms with Crippen LogP contribution < -0.4 is 0 Å². The summed E-state index contributed by atoms with van der Waals surface area (Å²) in [4.78, 5) is 4.25. The van der Waals surface area contributed by atoms with E-state index in [1.165, 1.54) is 22.0 Å². The van der Waals surface area contributed by atoms with Crippen molar-refractivity contribution in [1.82, 2.24) is 25.1 Å². The van der Waals surface area contributed by atoms with Crippen molar-refractivity contribution in [2.24, 2.45) is 7.05 Å². The third-order valence-electron chi connectivity index (χ3n) is 8.42. The highest BCUT2D eigenvalue weighted by atomic mass is 16.5. The zero-order valence-electron chi connectivity index (χ0n) is 36.7. The highest BCUT2D eigenvalue weighted by molar-refractivity contribution is 5.83. The zero-order chi connectivity index (χ0) is 41.1. The van der Waals surface area contributed by atoms with E-state index in [0.29, 0.717) is 0 Å². The molecule has 0 saturated carbocycles.